The minimum Gasteiger partial charge on any atom is -0.439 e. The van der Waals surface area contributed by atoms with Gasteiger partial charge in [-0.05, 0) is 54.5 Å². The molecule has 2 aromatic carbocycles. The Balaban J connectivity index is 1.50. The fourth-order valence-electron chi connectivity index (χ4n) is 4.89. The van der Waals surface area contributed by atoms with Gasteiger partial charge >= 0.3 is 0 Å². The van der Waals surface area contributed by atoms with Crippen molar-refractivity contribution in [3.8, 4) is 34.0 Å². The fraction of sp³-hybridized carbons (Fsp3) is 0.125. The number of rotatable bonds is 8. The molecule has 0 atom stereocenters. The van der Waals surface area contributed by atoms with Gasteiger partial charge in [-0.2, -0.15) is 0 Å². The quantitative estimate of drug-likeness (QED) is 0.248. The number of nitrogens with two attached hydrogens (primary N) is 1. The Morgan fingerprint density at radius 1 is 1.07 bits per heavy atom. The van der Waals surface area contributed by atoms with Gasteiger partial charge < -0.3 is 24.9 Å². The molecule has 1 aliphatic rings. The maximum Gasteiger partial charge on any atom is 0.251 e. The summed E-state index contributed by atoms with van der Waals surface area (Å²) >= 11 is 0. The number of ether oxygens (including phenoxy) is 2. The third-order valence-corrected chi connectivity index (χ3v) is 6.98. The number of fused-ring (bicyclic) bond motifs is 1. The summed E-state index contributed by atoms with van der Waals surface area (Å²) in [5.41, 5.74) is 12.3. The SMILES string of the molecule is C=CC(=O)Nc1ccc(-c2c(-c3ccc(Oc4cccc(C)n4)cc3)c(C(N)=O)c3cnc(C4COC4)cn23)cc1. The van der Waals surface area contributed by atoms with E-state index in [1.54, 1.807) is 24.4 Å². The number of nitrogens with one attached hydrogen (secondary N) is 1. The molecule has 0 unspecified atom stereocenters. The van der Waals surface area contributed by atoms with Gasteiger partial charge in [0.15, 0.2) is 0 Å². The van der Waals surface area contributed by atoms with Gasteiger partial charge in [-0.25, -0.2) is 4.98 Å². The van der Waals surface area contributed by atoms with Crippen LogP contribution in [0, 0.1) is 6.92 Å². The van der Waals surface area contributed by atoms with Crippen molar-refractivity contribution in [1.29, 1.82) is 0 Å². The molecule has 9 nitrogen and oxygen atoms in total. The number of anilines is 1. The number of amides is 2. The normalized spacial score (nSPS) is 13.0. The van der Waals surface area contributed by atoms with Gasteiger partial charge in [-0.3, -0.25) is 14.6 Å². The zero-order valence-corrected chi connectivity index (χ0v) is 22.3. The summed E-state index contributed by atoms with van der Waals surface area (Å²) in [6.45, 7) is 6.60. The first kappa shape index (κ1) is 26.0. The highest BCUT2D eigenvalue weighted by Gasteiger charge is 2.27. The van der Waals surface area contributed by atoms with Crippen molar-refractivity contribution in [1.82, 2.24) is 14.4 Å². The Morgan fingerprint density at radius 3 is 2.44 bits per heavy atom. The van der Waals surface area contributed by atoms with Crippen LogP contribution in [-0.4, -0.2) is 39.4 Å². The lowest BCUT2D eigenvalue weighted by molar-refractivity contribution is -0.111. The molecular formula is C32H27N5O4. The molecule has 3 N–H and O–H groups in total. The standard InChI is InChI=1S/C32H27N5O4/c1-3-27(38)36-23-11-7-21(8-12-23)31-29(20-9-13-24(14-10-20)41-28-6-4-5-19(2)35-28)30(32(33)39)26-15-34-25(16-37(26)31)22-17-40-18-22/h3-16,22H,1,17-18H2,2H3,(H2,33,39)(H,36,38). The number of benzene rings is 2. The lowest BCUT2D eigenvalue weighted by Gasteiger charge is -2.25. The van der Waals surface area contributed by atoms with Crippen molar-refractivity contribution in [2.24, 2.45) is 5.73 Å². The van der Waals surface area contributed by atoms with Crippen LogP contribution < -0.4 is 15.8 Å². The van der Waals surface area contributed by atoms with E-state index in [1.807, 2.05) is 66.1 Å². The first-order valence-corrected chi connectivity index (χ1v) is 13.1. The molecular weight excluding hydrogens is 518 g/mol. The maximum absolute atomic E-state index is 13.0. The second-order valence-electron chi connectivity index (χ2n) is 9.78. The average Bonchev–Trinajstić information content (AvgIpc) is 3.28. The van der Waals surface area contributed by atoms with Crippen molar-refractivity contribution in [3.63, 3.8) is 0 Å². The summed E-state index contributed by atoms with van der Waals surface area (Å²) in [6.07, 6.45) is 4.86. The summed E-state index contributed by atoms with van der Waals surface area (Å²) in [5, 5.41) is 2.77. The number of carbonyl (C=O) groups is 2. The molecule has 0 radical (unpaired) electrons. The third-order valence-electron chi connectivity index (χ3n) is 6.98. The lowest BCUT2D eigenvalue weighted by atomic mass is 9.96. The molecule has 9 heteroatoms. The van der Waals surface area contributed by atoms with Crippen LogP contribution >= 0.6 is 0 Å². The number of nitrogens with zero attached hydrogens (tertiary/aromatic N) is 3. The van der Waals surface area contributed by atoms with Gasteiger partial charge in [0.05, 0.1) is 41.9 Å². The second kappa shape index (κ2) is 10.7. The lowest BCUT2D eigenvalue weighted by Crippen LogP contribution is -2.26. The predicted molar refractivity (Wildman–Crippen MR) is 156 cm³/mol. The van der Waals surface area contributed by atoms with E-state index in [-0.39, 0.29) is 11.8 Å². The molecule has 1 aliphatic heterocycles. The number of primary amides is 1. The van der Waals surface area contributed by atoms with Gasteiger partial charge in [0.25, 0.3) is 5.91 Å². The monoisotopic (exact) mass is 545 g/mol. The fourth-order valence-corrected chi connectivity index (χ4v) is 4.89. The van der Waals surface area contributed by atoms with Crippen LogP contribution in [0.1, 0.15) is 27.7 Å². The third kappa shape index (κ3) is 5.06. The molecule has 41 heavy (non-hydrogen) atoms. The smallest absolute Gasteiger partial charge is 0.251 e. The Kier molecular flexibility index (Phi) is 6.78. The summed E-state index contributed by atoms with van der Waals surface area (Å²) in [6, 6.07) is 20.4. The zero-order valence-electron chi connectivity index (χ0n) is 22.3. The largest absolute Gasteiger partial charge is 0.439 e. The highest BCUT2D eigenvalue weighted by Crippen LogP contribution is 2.41. The summed E-state index contributed by atoms with van der Waals surface area (Å²) in [7, 11) is 0. The molecule has 3 aromatic heterocycles. The van der Waals surface area contributed by atoms with E-state index in [4.69, 9.17) is 15.2 Å². The van der Waals surface area contributed by atoms with Crippen LogP contribution in [-0.2, 0) is 9.53 Å². The minimum atomic E-state index is -0.565. The Morgan fingerprint density at radius 2 is 1.80 bits per heavy atom. The van der Waals surface area contributed by atoms with Crippen molar-refractivity contribution < 1.29 is 19.1 Å². The first-order valence-electron chi connectivity index (χ1n) is 13.1. The van der Waals surface area contributed by atoms with Crippen LogP contribution in [0.5, 0.6) is 11.6 Å². The molecule has 6 rings (SSSR count). The van der Waals surface area contributed by atoms with E-state index in [2.05, 4.69) is 21.9 Å². The molecule has 0 aliphatic carbocycles. The summed E-state index contributed by atoms with van der Waals surface area (Å²) in [5.74, 6) is 0.411. The topological polar surface area (TPSA) is 121 Å². The molecule has 0 saturated carbocycles. The highest BCUT2D eigenvalue weighted by molar-refractivity contribution is 6.10. The Bertz CT molecular complexity index is 1790. The maximum atomic E-state index is 13.0. The molecule has 0 spiro atoms. The van der Waals surface area contributed by atoms with Gasteiger partial charge in [0, 0.05) is 35.1 Å². The van der Waals surface area contributed by atoms with Crippen LogP contribution in [0.4, 0.5) is 5.69 Å². The van der Waals surface area contributed by atoms with Crippen molar-refractivity contribution in [3.05, 3.63) is 109 Å². The summed E-state index contributed by atoms with van der Waals surface area (Å²) in [4.78, 5) is 33.8. The predicted octanol–water partition coefficient (Wildman–Crippen LogP) is 5.50. The van der Waals surface area contributed by atoms with E-state index in [9.17, 15) is 9.59 Å². The highest BCUT2D eigenvalue weighted by atomic mass is 16.5. The van der Waals surface area contributed by atoms with Gasteiger partial charge in [-0.1, -0.05) is 36.9 Å². The van der Waals surface area contributed by atoms with Crippen LogP contribution in [0.3, 0.4) is 0 Å². The Labute approximate surface area is 236 Å². The second-order valence-corrected chi connectivity index (χ2v) is 9.78. The Hall–Kier alpha value is -5.28. The molecule has 1 saturated heterocycles. The molecule has 4 heterocycles. The van der Waals surface area contributed by atoms with E-state index >= 15 is 0 Å². The first-order chi connectivity index (χ1) is 19.9. The summed E-state index contributed by atoms with van der Waals surface area (Å²) < 4.78 is 13.3. The van der Waals surface area contributed by atoms with E-state index < -0.39 is 5.91 Å². The van der Waals surface area contributed by atoms with E-state index in [0.29, 0.717) is 47.2 Å². The number of pyridine rings is 1. The van der Waals surface area contributed by atoms with Crippen LogP contribution in [0.2, 0.25) is 0 Å². The molecule has 2 amide bonds. The van der Waals surface area contributed by atoms with Crippen LogP contribution in [0.15, 0.2) is 91.8 Å². The van der Waals surface area contributed by atoms with Crippen LogP contribution in [0.25, 0.3) is 27.9 Å². The van der Waals surface area contributed by atoms with Gasteiger partial charge in [0.2, 0.25) is 11.8 Å². The minimum absolute atomic E-state index is 0.179. The van der Waals surface area contributed by atoms with Gasteiger partial charge in [-0.15, -0.1) is 0 Å². The zero-order chi connectivity index (χ0) is 28.5. The number of hydrogen-bond donors (Lipinski definition) is 2. The van der Waals surface area contributed by atoms with Crippen molar-refractivity contribution in [2.45, 2.75) is 12.8 Å². The van der Waals surface area contributed by atoms with Gasteiger partial charge in [0.1, 0.15) is 5.75 Å². The molecule has 204 valence electrons. The molecule has 5 aromatic rings. The van der Waals surface area contributed by atoms with Crippen molar-refractivity contribution >= 4 is 23.0 Å². The number of hydrogen-bond acceptors (Lipinski definition) is 6. The molecule has 1 fully saturated rings. The van der Waals surface area contributed by atoms with E-state index in [1.165, 1.54) is 6.08 Å². The number of aryl methyl sites for hydroxylation is 1. The van der Waals surface area contributed by atoms with Crippen molar-refractivity contribution in [2.75, 3.05) is 18.5 Å². The van der Waals surface area contributed by atoms with E-state index in [0.717, 1.165) is 28.2 Å². The number of aromatic nitrogens is 3. The number of carbonyl (C=O) groups excluding carboxylic acids is 2. The average molecular weight is 546 g/mol. The molecule has 0 bridgehead atoms.